The molecular weight excluding hydrogens is 572 g/mol. The Bertz CT molecular complexity index is 2270. The molecule has 6 aromatic carbocycles. The molecule has 0 aliphatic carbocycles. The quantitative estimate of drug-likeness (QED) is 0.144. The molecule has 6 nitrogen and oxygen atoms in total. The van der Waals surface area contributed by atoms with Crippen molar-refractivity contribution in [2.24, 2.45) is 0 Å². The van der Waals surface area contributed by atoms with Crippen molar-refractivity contribution in [1.82, 2.24) is 4.57 Å². The number of benzene rings is 6. The topological polar surface area (TPSA) is 76.5 Å². The lowest BCUT2D eigenvalue weighted by atomic mass is 9.99. The summed E-state index contributed by atoms with van der Waals surface area (Å²) in [5.41, 5.74) is 5.24. The summed E-state index contributed by atoms with van der Waals surface area (Å²) in [7, 11) is 0. The number of para-hydroxylation sites is 1. The first-order valence-corrected chi connectivity index (χ1v) is 14.9. The van der Waals surface area contributed by atoms with Crippen molar-refractivity contribution < 1.29 is 19.2 Å². The normalized spacial score (nSPS) is 12.6. The van der Waals surface area contributed by atoms with Crippen LogP contribution in [0.4, 0.5) is 5.69 Å². The number of anilines is 1. The molecule has 0 N–H and O–H groups in total. The fraction of sp³-hybridized carbons (Fsp3) is 0. The minimum Gasteiger partial charge on any atom is -0.308 e. The molecule has 8 rings (SSSR count). The van der Waals surface area contributed by atoms with E-state index in [-0.39, 0.29) is 17.5 Å². The van der Waals surface area contributed by atoms with Gasteiger partial charge < -0.3 is 4.57 Å². The Hall–Kier alpha value is -6.40. The van der Waals surface area contributed by atoms with Crippen molar-refractivity contribution in [3.05, 3.63) is 179 Å². The van der Waals surface area contributed by atoms with Crippen LogP contribution in [0.3, 0.4) is 0 Å². The Kier molecular flexibility index (Phi) is 6.29. The van der Waals surface area contributed by atoms with Crippen LogP contribution < -0.4 is 4.90 Å². The second-order valence-corrected chi connectivity index (χ2v) is 11.2. The predicted molar refractivity (Wildman–Crippen MR) is 178 cm³/mol. The fourth-order valence-corrected chi connectivity index (χ4v) is 6.34. The summed E-state index contributed by atoms with van der Waals surface area (Å²) in [4.78, 5) is 55.8. The summed E-state index contributed by atoms with van der Waals surface area (Å²) in [6.07, 6.45) is 0. The first-order chi connectivity index (χ1) is 22.5. The first kappa shape index (κ1) is 27.2. The summed E-state index contributed by atoms with van der Waals surface area (Å²) in [5.74, 6) is -1.05. The Balaban J connectivity index is 1.36. The number of nitrogens with zero attached hydrogens (tertiary/aromatic N) is 2. The SMILES string of the molecule is O=C(c1ccccc1)c1ccc2c(c1)c1cc(C(=O)c3ccccc3)ccc1n2-c1cccc2c1C(=O)N(c1ccccc1)C2=O. The van der Waals surface area contributed by atoms with Gasteiger partial charge in [-0.25, -0.2) is 4.90 Å². The predicted octanol–water partition coefficient (Wildman–Crippen LogP) is 8.05. The van der Waals surface area contributed by atoms with Gasteiger partial charge >= 0.3 is 0 Å². The summed E-state index contributed by atoms with van der Waals surface area (Å²) in [6, 6.07) is 43.2. The van der Waals surface area contributed by atoms with Crippen LogP contribution in [0.15, 0.2) is 146 Å². The van der Waals surface area contributed by atoms with Gasteiger partial charge in [-0.2, -0.15) is 0 Å². The second kappa shape index (κ2) is 10.6. The van der Waals surface area contributed by atoms with E-state index in [2.05, 4.69) is 0 Å². The number of rotatable bonds is 6. The van der Waals surface area contributed by atoms with E-state index in [1.54, 1.807) is 72.8 Å². The van der Waals surface area contributed by atoms with Crippen LogP contribution in [0, 0.1) is 0 Å². The maximum atomic E-state index is 14.0. The van der Waals surface area contributed by atoms with E-state index < -0.39 is 5.91 Å². The zero-order valence-electron chi connectivity index (χ0n) is 24.4. The van der Waals surface area contributed by atoms with Gasteiger partial charge in [0.25, 0.3) is 11.8 Å². The monoisotopic (exact) mass is 596 g/mol. The maximum Gasteiger partial charge on any atom is 0.268 e. The Morgan fingerprint density at radius 3 is 1.48 bits per heavy atom. The highest BCUT2D eigenvalue weighted by molar-refractivity contribution is 6.36. The number of ketones is 2. The van der Waals surface area contributed by atoms with Gasteiger partial charge in [0.05, 0.1) is 33.5 Å². The summed E-state index contributed by atoms with van der Waals surface area (Å²) < 4.78 is 1.94. The molecule has 0 spiro atoms. The highest BCUT2D eigenvalue weighted by Crippen LogP contribution is 2.38. The number of fused-ring (bicyclic) bond motifs is 4. The molecule has 0 unspecified atom stereocenters. The number of aromatic nitrogens is 1. The minimum absolute atomic E-state index is 0.125. The largest absolute Gasteiger partial charge is 0.308 e. The van der Waals surface area contributed by atoms with Crippen molar-refractivity contribution in [2.45, 2.75) is 0 Å². The molecule has 46 heavy (non-hydrogen) atoms. The molecule has 2 amide bonds. The van der Waals surface area contributed by atoms with Gasteiger partial charge in [-0.1, -0.05) is 84.9 Å². The molecule has 0 radical (unpaired) electrons. The van der Waals surface area contributed by atoms with Crippen molar-refractivity contribution in [1.29, 1.82) is 0 Å². The fourth-order valence-electron chi connectivity index (χ4n) is 6.34. The number of imide groups is 1. The Morgan fingerprint density at radius 2 is 0.957 bits per heavy atom. The van der Waals surface area contributed by atoms with E-state index in [9.17, 15) is 19.2 Å². The standard InChI is InChI=1S/C40H24N2O4/c43-37(25-11-4-1-5-12-25)27-19-21-33-31(23-27)32-24-28(38(44)26-13-6-2-7-14-26)20-22-34(32)42(33)35-18-10-17-30-36(35)40(46)41(39(30)45)29-15-8-3-9-16-29/h1-24H. The van der Waals surface area contributed by atoms with Crippen LogP contribution >= 0.6 is 0 Å². The van der Waals surface area contributed by atoms with E-state index >= 15 is 0 Å². The molecule has 0 bridgehead atoms. The molecule has 1 aliphatic heterocycles. The molecule has 0 fully saturated rings. The van der Waals surface area contributed by atoms with Gasteiger partial charge in [-0.15, -0.1) is 0 Å². The maximum absolute atomic E-state index is 14.0. The third-order valence-electron chi connectivity index (χ3n) is 8.51. The van der Waals surface area contributed by atoms with Crippen LogP contribution in [0.1, 0.15) is 52.6 Å². The smallest absolute Gasteiger partial charge is 0.268 e. The molecular formula is C40H24N2O4. The van der Waals surface area contributed by atoms with Crippen LogP contribution in [0.2, 0.25) is 0 Å². The van der Waals surface area contributed by atoms with Gasteiger partial charge in [0.15, 0.2) is 11.6 Å². The lowest BCUT2D eigenvalue weighted by Gasteiger charge is -2.14. The summed E-state index contributed by atoms with van der Waals surface area (Å²) >= 11 is 0. The van der Waals surface area contributed by atoms with Gasteiger partial charge in [0.1, 0.15) is 0 Å². The Morgan fingerprint density at radius 1 is 0.457 bits per heavy atom. The minimum atomic E-state index is -0.413. The highest BCUT2D eigenvalue weighted by atomic mass is 16.2. The average molecular weight is 597 g/mol. The van der Waals surface area contributed by atoms with E-state index in [0.29, 0.717) is 44.8 Å². The zero-order chi connectivity index (χ0) is 31.4. The molecule has 7 aromatic rings. The van der Waals surface area contributed by atoms with E-state index in [1.165, 1.54) is 4.90 Å². The van der Waals surface area contributed by atoms with Gasteiger partial charge in [0.2, 0.25) is 0 Å². The summed E-state index contributed by atoms with van der Waals surface area (Å²) in [6.45, 7) is 0. The van der Waals surface area contributed by atoms with Crippen LogP contribution in [-0.4, -0.2) is 27.9 Å². The Labute approximate surface area is 263 Å². The van der Waals surface area contributed by atoms with E-state index in [1.807, 2.05) is 77.4 Å². The molecule has 218 valence electrons. The molecule has 0 saturated carbocycles. The average Bonchev–Trinajstić information content (AvgIpc) is 3.58. The van der Waals surface area contributed by atoms with Crippen molar-refractivity contribution in [3.63, 3.8) is 0 Å². The molecule has 0 saturated heterocycles. The number of hydrogen-bond donors (Lipinski definition) is 0. The van der Waals surface area contributed by atoms with Gasteiger partial charge in [0, 0.05) is 33.0 Å². The lowest BCUT2D eigenvalue weighted by Crippen LogP contribution is -2.29. The molecule has 0 atom stereocenters. The highest BCUT2D eigenvalue weighted by Gasteiger charge is 2.39. The van der Waals surface area contributed by atoms with Crippen LogP contribution in [-0.2, 0) is 0 Å². The third-order valence-corrected chi connectivity index (χ3v) is 8.51. The molecule has 1 aliphatic rings. The number of carbonyl (C=O) groups excluding carboxylic acids is 4. The zero-order valence-corrected chi connectivity index (χ0v) is 24.4. The molecule has 2 heterocycles. The summed E-state index contributed by atoms with van der Waals surface area (Å²) in [5, 5.41) is 1.49. The van der Waals surface area contributed by atoms with Crippen LogP contribution in [0.25, 0.3) is 27.5 Å². The van der Waals surface area contributed by atoms with E-state index in [0.717, 1.165) is 21.8 Å². The lowest BCUT2D eigenvalue weighted by molar-refractivity contribution is 0.0924. The molecule has 6 heteroatoms. The molecule has 1 aromatic heterocycles. The number of carbonyl (C=O) groups is 4. The number of hydrogen-bond acceptors (Lipinski definition) is 4. The van der Waals surface area contributed by atoms with Crippen molar-refractivity contribution in [3.8, 4) is 5.69 Å². The van der Waals surface area contributed by atoms with Crippen molar-refractivity contribution >= 4 is 50.9 Å². The number of amides is 2. The van der Waals surface area contributed by atoms with Crippen LogP contribution in [0.5, 0.6) is 0 Å². The third kappa shape index (κ3) is 4.19. The van der Waals surface area contributed by atoms with Gasteiger partial charge in [-0.05, 0) is 60.7 Å². The van der Waals surface area contributed by atoms with Gasteiger partial charge in [-0.3, -0.25) is 19.2 Å². The van der Waals surface area contributed by atoms with E-state index in [4.69, 9.17) is 0 Å². The second-order valence-electron chi connectivity index (χ2n) is 11.2. The first-order valence-electron chi connectivity index (χ1n) is 14.9. The van der Waals surface area contributed by atoms with Crippen molar-refractivity contribution in [2.75, 3.05) is 4.90 Å².